The number of nitrogens with zero attached hydrogens (tertiary/aromatic N) is 1. The first-order valence-electron chi connectivity index (χ1n) is 10.4. The molecule has 0 bridgehead atoms. The molecule has 0 radical (unpaired) electrons. The molecule has 0 saturated heterocycles. The second-order valence-corrected chi connectivity index (χ2v) is 8.08. The molecule has 24 heavy (non-hydrogen) atoms. The molecule has 0 N–H and O–H groups in total. The highest BCUT2D eigenvalue weighted by Gasteiger charge is 2.35. The molecule has 0 heterocycles. The minimum atomic E-state index is -0.0770. The standard InChI is InChI=1S/C21H37NO2/c1-3-5-6-18-7-9-19(10-8-18)23-17-24-20-11-14-21(16-22,13-4-2)15-12-20/h18-20H,3-15,17H2,1-2H3/t18-,19-,20-,21-. The molecular weight excluding hydrogens is 298 g/mol. The molecule has 2 aliphatic carbocycles. The van der Waals surface area contributed by atoms with Gasteiger partial charge in [-0.15, -0.1) is 0 Å². The van der Waals surface area contributed by atoms with E-state index in [9.17, 15) is 5.26 Å². The first kappa shape index (κ1) is 19.7. The zero-order valence-electron chi connectivity index (χ0n) is 15.9. The van der Waals surface area contributed by atoms with Gasteiger partial charge in [-0.05, 0) is 63.7 Å². The molecule has 0 aliphatic heterocycles. The van der Waals surface area contributed by atoms with E-state index in [1.807, 2.05) is 0 Å². The van der Waals surface area contributed by atoms with Gasteiger partial charge in [0, 0.05) is 0 Å². The van der Waals surface area contributed by atoms with Crippen LogP contribution in [0.25, 0.3) is 0 Å². The number of unbranched alkanes of at least 4 members (excludes halogenated alkanes) is 1. The lowest BCUT2D eigenvalue weighted by atomic mass is 9.71. The molecule has 3 nitrogen and oxygen atoms in total. The van der Waals surface area contributed by atoms with Gasteiger partial charge in [0.2, 0.25) is 0 Å². The van der Waals surface area contributed by atoms with Crippen molar-refractivity contribution in [2.45, 2.75) is 110 Å². The summed E-state index contributed by atoms with van der Waals surface area (Å²) in [6.07, 6.45) is 16.0. The van der Waals surface area contributed by atoms with Crippen molar-refractivity contribution in [1.29, 1.82) is 5.26 Å². The van der Waals surface area contributed by atoms with Gasteiger partial charge in [-0.3, -0.25) is 0 Å². The van der Waals surface area contributed by atoms with Crippen LogP contribution < -0.4 is 0 Å². The average Bonchev–Trinajstić information content (AvgIpc) is 2.63. The lowest BCUT2D eigenvalue weighted by Crippen LogP contribution is -2.31. The maximum atomic E-state index is 9.47. The quantitative estimate of drug-likeness (QED) is 0.487. The van der Waals surface area contributed by atoms with Gasteiger partial charge in [0.05, 0.1) is 23.7 Å². The molecule has 0 unspecified atom stereocenters. The molecule has 2 saturated carbocycles. The van der Waals surface area contributed by atoms with Gasteiger partial charge in [-0.1, -0.05) is 39.5 Å². The van der Waals surface area contributed by atoms with Crippen LogP contribution >= 0.6 is 0 Å². The third-order valence-electron chi connectivity index (χ3n) is 6.22. The van der Waals surface area contributed by atoms with Crippen LogP contribution in [0.3, 0.4) is 0 Å². The largest absolute Gasteiger partial charge is 0.352 e. The molecule has 2 aliphatic rings. The van der Waals surface area contributed by atoms with E-state index in [4.69, 9.17) is 9.47 Å². The third-order valence-corrected chi connectivity index (χ3v) is 6.22. The summed E-state index contributed by atoms with van der Waals surface area (Å²) in [5.74, 6) is 0.932. The predicted octanol–water partition coefficient (Wildman–Crippen LogP) is 5.98. The molecule has 138 valence electrons. The Bertz CT molecular complexity index is 374. The molecule has 0 aromatic rings. The zero-order valence-corrected chi connectivity index (χ0v) is 15.9. The molecule has 0 amide bonds. The van der Waals surface area contributed by atoms with E-state index in [2.05, 4.69) is 19.9 Å². The fourth-order valence-electron chi connectivity index (χ4n) is 4.52. The van der Waals surface area contributed by atoms with E-state index in [0.29, 0.717) is 19.0 Å². The van der Waals surface area contributed by atoms with Gasteiger partial charge in [-0.2, -0.15) is 5.26 Å². The highest BCUT2D eigenvalue weighted by molar-refractivity contribution is 5.01. The van der Waals surface area contributed by atoms with Gasteiger partial charge >= 0.3 is 0 Å². The minimum Gasteiger partial charge on any atom is -0.352 e. The van der Waals surface area contributed by atoms with Crippen LogP contribution in [0.15, 0.2) is 0 Å². The Morgan fingerprint density at radius 2 is 1.54 bits per heavy atom. The van der Waals surface area contributed by atoms with Crippen molar-refractivity contribution in [1.82, 2.24) is 0 Å². The molecule has 0 aromatic heterocycles. The second-order valence-electron chi connectivity index (χ2n) is 8.08. The highest BCUT2D eigenvalue weighted by Crippen LogP contribution is 2.40. The van der Waals surface area contributed by atoms with Crippen LogP contribution in [-0.2, 0) is 9.47 Å². The third kappa shape index (κ3) is 6.05. The lowest BCUT2D eigenvalue weighted by Gasteiger charge is -2.35. The Kier molecular flexibility index (Phi) is 8.56. The summed E-state index contributed by atoms with van der Waals surface area (Å²) in [5, 5.41) is 9.47. The molecule has 0 spiro atoms. The number of rotatable bonds is 9. The fraction of sp³-hybridized carbons (Fsp3) is 0.952. The maximum Gasteiger partial charge on any atom is 0.147 e. The van der Waals surface area contributed by atoms with E-state index in [0.717, 1.165) is 44.4 Å². The van der Waals surface area contributed by atoms with Crippen LogP contribution in [0.2, 0.25) is 0 Å². The number of nitriles is 1. The summed E-state index contributed by atoms with van der Waals surface area (Å²) in [7, 11) is 0. The smallest absolute Gasteiger partial charge is 0.147 e. The van der Waals surface area contributed by atoms with E-state index >= 15 is 0 Å². The van der Waals surface area contributed by atoms with Crippen LogP contribution in [0, 0.1) is 22.7 Å². The van der Waals surface area contributed by atoms with Gasteiger partial charge in [0.15, 0.2) is 0 Å². The number of ether oxygens (including phenoxy) is 2. The Morgan fingerprint density at radius 1 is 0.917 bits per heavy atom. The summed E-state index contributed by atoms with van der Waals surface area (Å²) in [6.45, 7) is 4.90. The molecule has 2 fully saturated rings. The number of hydrogen-bond acceptors (Lipinski definition) is 3. The summed E-state index contributed by atoms with van der Waals surface area (Å²) in [6, 6.07) is 2.58. The van der Waals surface area contributed by atoms with Crippen molar-refractivity contribution in [2.75, 3.05) is 6.79 Å². The fourth-order valence-corrected chi connectivity index (χ4v) is 4.52. The van der Waals surface area contributed by atoms with Crippen LogP contribution in [0.1, 0.15) is 97.3 Å². The first-order chi connectivity index (χ1) is 11.7. The van der Waals surface area contributed by atoms with Crippen molar-refractivity contribution >= 4 is 0 Å². The summed E-state index contributed by atoms with van der Waals surface area (Å²) >= 11 is 0. The van der Waals surface area contributed by atoms with E-state index < -0.39 is 0 Å². The van der Waals surface area contributed by atoms with Crippen molar-refractivity contribution < 1.29 is 9.47 Å². The lowest BCUT2D eigenvalue weighted by molar-refractivity contribution is -0.137. The van der Waals surface area contributed by atoms with Gasteiger partial charge < -0.3 is 9.47 Å². The second kappa shape index (κ2) is 10.4. The van der Waals surface area contributed by atoms with Crippen LogP contribution in [0.4, 0.5) is 0 Å². The summed E-state index contributed by atoms with van der Waals surface area (Å²) in [4.78, 5) is 0. The monoisotopic (exact) mass is 335 g/mol. The van der Waals surface area contributed by atoms with Crippen LogP contribution in [-0.4, -0.2) is 19.0 Å². The van der Waals surface area contributed by atoms with Crippen molar-refractivity contribution in [3.05, 3.63) is 0 Å². The van der Waals surface area contributed by atoms with E-state index in [1.165, 1.54) is 44.9 Å². The Hall–Kier alpha value is -0.590. The summed E-state index contributed by atoms with van der Waals surface area (Å²) in [5.41, 5.74) is -0.0770. The zero-order chi connectivity index (χ0) is 17.3. The SMILES string of the molecule is CCCC[C@H]1CC[C@H](OCO[C@H]2CC[C@@](C#N)(CCC)CC2)CC1. The Balaban J connectivity index is 1.57. The van der Waals surface area contributed by atoms with Crippen LogP contribution in [0.5, 0.6) is 0 Å². The Morgan fingerprint density at radius 3 is 2.08 bits per heavy atom. The molecule has 2 rings (SSSR count). The first-order valence-corrected chi connectivity index (χ1v) is 10.4. The average molecular weight is 336 g/mol. The molecule has 0 atom stereocenters. The molecular formula is C21H37NO2. The predicted molar refractivity (Wildman–Crippen MR) is 97.5 cm³/mol. The Labute approximate surface area is 149 Å². The highest BCUT2D eigenvalue weighted by atomic mass is 16.7. The van der Waals surface area contributed by atoms with Crippen molar-refractivity contribution in [3.8, 4) is 6.07 Å². The molecule has 3 heteroatoms. The van der Waals surface area contributed by atoms with Gasteiger partial charge in [-0.25, -0.2) is 0 Å². The van der Waals surface area contributed by atoms with Crippen molar-refractivity contribution in [3.63, 3.8) is 0 Å². The topological polar surface area (TPSA) is 42.2 Å². The van der Waals surface area contributed by atoms with Gasteiger partial charge in [0.1, 0.15) is 6.79 Å². The van der Waals surface area contributed by atoms with Crippen molar-refractivity contribution in [2.24, 2.45) is 11.3 Å². The summed E-state index contributed by atoms with van der Waals surface area (Å²) < 4.78 is 11.9. The van der Waals surface area contributed by atoms with Gasteiger partial charge in [0.25, 0.3) is 0 Å². The number of hydrogen-bond donors (Lipinski definition) is 0. The van der Waals surface area contributed by atoms with E-state index in [1.54, 1.807) is 0 Å². The molecule has 0 aromatic carbocycles. The maximum absolute atomic E-state index is 9.47. The van der Waals surface area contributed by atoms with E-state index in [-0.39, 0.29) is 5.41 Å². The minimum absolute atomic E-state index is 0.0770. The normalized spacial score (nSPS) is 34.0.